The summed E-state index contributed by atoms with van der Waals surface area (Å²) in [5.41, 5.74) is 0. The zero-order valence-electron chi connectivity index (χ0n) is 7.91. The number of aliphatic carboxylic acids is 1. The van der Waals surface area contributed by atoms with Gasteiger partial charge in [0.15, 0.2) is 0 Å². The van der Waals surface area contributed by atoms with Crippen LogP contribution in [0.2, 0.25) is 0 Å². The number of nitrogens with one attached hydrogen (secondary N) is 1. The average molecular weight is 203 g/mol. The number of carbonyl (C=O) groups is 3. The third-order valence-electron chi connectivity index (χ3n) is 1.44. The van der Waals surface area contributed by atoms with Crippen LogP contribution in [0.5, 0.6) is 0 Å². The van der Waals surface area contributed by atoms with E-state index in [1.165, 1.54) is 7.11 Å². The molecular weight excluding hydrogens is 190 g/mol. The van der Waals surface area contributed by atoms with Crippen LogP contribution < -0.4 is 5.32 Å². The van der Waals surface area contributed by atoms with E-state index in [4.69, 9.17) is 5.11 Å². The van der Waals surface area contributed by atoms with Crippen molar-refractivity contribution in [3.05, 3.63) is 0 Å². The molecule has 0 atom stereocenters. The fourth-order valence-electron chi connectivity index (χ4n) is 0.715. The van der Waals surface area contributed by atoms with Gasteiger partial charge < -0.3 is 15.2 Å². The summed E-state index contributed by atoms with van der Waals surface area (Å²) in [6.07, 6.45) is -0.185. The number of hydrogen-bond acceptors (Lipinski definition) is 4. The molecule has 80 valence electrons. The molecule has 0 radical (unpaired) electrons. The molecule has 0 heterocycles. The Hall–Kier alpha value is -1.59. The van der Waals surface area contributed by atoms with Crippen LogP contribution in [0.15, 0.2) is 0 Å². The minimum atomic E-state index is -1.02. The van der Waals surface area contributed by atoms with Gasteiger partial charge in [-0.15, -0.1) is 0 Å². The first-order chi connectivity index (χ1) is 6.56. The van der Waals surface area contributed by atoms with Crippen molar-refractivity contribution in [3.63, 3.8) is 0 Å². The molecule has 0 aliphatic carbocycles. The Morgan fingerprint density at radius 3 is 2.36 bits per heavy atom. The molecule has 2 N–H and O–H groups in total. The zero-order valence-corrected chi connectivity index (χ0v) is 7.91. The maximum absolute atomic E-state index is 10.9. The average Bonchev–Trinajstić information content (AvgIpc) is 2.14. The fourth-order valence-corrected chi connectivity index (χ4v) is 0.715. The Kier molecular flexibility index (Phi) is 6.09. The second-order valence-electron chi connectivity index (χ2n) is 2.57. The summed E-state index contributed by atoms with van der Waals surface area (Å²) in [7, 11) is 1.26. The Morgan fingerprint density at radius 2 is 1.86 bits per heavy atom. The van der Waals surface area contributed by atoms with E-state index in [-0.39, 0.29) is 31.7 Å². The lowest BCUT2D eigenvalue weighted by atomic mass is 10.3. The van der Waals surface area contributed by atoms with Crippen LogP contribution in [0.25, 0.3) is 0 Å². The van der Waals surface area contributed by atoms with Crippen molar-refractivity contribution in [2.75, 3.05) is 13.7 Å². The molecule has 0 rings (SSSR count). The molecule has 14 heavy (non-hydrogen) atoms. The summed E-state index contributed by atoms with van der Waals surface area (Å²) in [6, 6.07) is 0. The minimum absolute atomic E-state index is 0.0729. The molecule has 1 amide bonds. The predicted octanol–water partition coefficient (Wildman–Crippen LogP) is -0.469. The molecule has 0 bridgehead atoms. The van der Waals surface area contributed by atoms with Gasteiger partial charge in [0.2, 0.25) is 5.91 Å². The van der Waals surface area contributed by atoms with Crippen LogP contribution in [-0.4, -0.2) is 36.6 Å². The minimum Gasteiger partial charge on any atom is -0.481 e. The molecule has 6 heteroatoms. The molecule has 0 aromatic carbocycles. The number of amides is 1. The van der Waals surface area contributed by atoms with Gasteiger partial charge in [0, 0.05) is 13.0 Å². The molecule has 0 aromatic rings. The van der Waals surface area contributed by atoms with Gasteiger partial charge >= 0.3 is 11.9 Å². The number of methoxy groups -OCH3 is 1. The highest BCUT2D eigenvalue weighted by Crippen LogP contribution is 1.89. The molecule has 0 aromatic heterocycles. The monoisotopic (exact) mass is 203 g/mol. The first-order valence-corrected chi connectivity index (χ1v) is 4.11. The molecule has 0 spiro atoms. The highest BCUT2D eigenvalue weighted by molar-refractivity contribution is 5.81. The zero-order chi connectivity index (χ0) is 11.0. The van der Waals surface area contributed by atoms with E-state index in [1.54, 1.807) is 0 Å². The largest absolute Gasteiger partial charge is 0.481 e. The third kappa shape index (κ3) is 7.08. The summed E-state index contributed by atoms with van der Waals surface area (Å²) in [5.74, 6) is -1.81. The van der Waals surface area contributed by atoms with Crippen LogP contribution >= 0.6 is 0 Å². The van der Waals surface area contributed by atoms with Gasteiger partial charge in [-0.05, 0) is 0 Å². The molecule has 0 aliphatic rings. The summed E-state index contributed by atoms with van der Waals surface area (Å²) >= 11 is 0. The lowest BCUT2D eigenvalue weighted by molar-refractivity contribution is -0.141. The van der Waals surface area contributed by atoms with E-state index < -0.39 is 11.9 Å². The molecule has 0 fully saturated rings. The summed E-state index contributed by atoms with van der Waals surface area (Å²) in [6.45, 7) is 0.172. The predicted molar refractivity (Wildman–Crippen MR) is 46.5 cm³/mol. The summed E-state index contributed by atoms with van der Waals surface area (Å²) < 4.78 is 4.35. The van der Waals surface area contributed by atoms with E-state index in [0.717, 1.165) is 0 Å². The van der Waals surface area contributed by atoms with Crippen molar-refractivity contribution >= 4 is 17.8 Å². The van der Waals surface area contributed by atoms with Crippen molar-refractivity contribution < 1.29 is 24.2 Å². The van der Waals surface area contributed by atoms with Crippen molar-refractivity contribution in [1.29, 1.82) is 0 Å². The number of carbonyl (C=O) groups excluding carboxylic acids is 2. The summed E-state index contributed by atoms with van der Waals surface area (Å²) in [4.78, 5) is 31.6. The number of carboxylic acids is 1. The van der Waals surface area contributed by atoms with E-state index in [2.05, 4.69) is 10.1 Å². The van der Waals surface area contributed by atoms with E-state index in [0.29, 0.717) is 0 Å². The van der Waals surface area contributed by atoms with Crippen LogP contribution in [0.4, 0.5) is 0 Å². The third-order valence-corrected chi connectivity index (χ3v) is 1.44. The Morgan fingerprint density at radius 1 is 1.21 bits per heavy atom. The Balaban J connectivity index is 3.45. The van der Waals surface area contributed by atoms with Gasteiger partial charge in [0.25, 0.3) is 0 Å². The van der Waals surface area contributed by atoms with Gasteiger partial charge in [-0.25, -0.2) is 0 Å². The van der Waals surface area contributed by atoms with Crippen LogP contribution in [0, 0.1) is 0 Å². The number of ether oxygens (including phenoxy) is 1. The topological polar surface area (TPSA) is 92.7 Å². The van der Waals surface area contributed by atoms with Gasteiger partial charge in [-0.3, -0.25) is 14.4 Å². The van der Waals surface area contributed by atoms with Crippen molar-refractivity contribution in [1.82, 2.24) is 5.32 Å². The molecule has 0 unspecified atom stereocenters. The lowest BCUT2D eigenvalue weighted by Crippen LogP contribution is -2.26. The lowest BCUT2D eigenvalue weighted by Gasteiger charge is -2.02. The number of carboxylic acid groups (broad SMARTS) is 1. The van der Waals surface area contributed by atoms with Gasteiger partial charge in [-0.2, -0.15) is 0 Å². The van der Waals surface area contributed by atoms with E-state index in [9.17, 15) is 14.4 Å². The molecule has 6 nitrogen and oxygen atoms in total. The summed E-state index contributed by atoms with van der Waals surface area (Å²) in [5, 5.41) is 10.7. The smallest absolute Gasteiger partial charge is 0.307 e. The van der Waals surface area contributed by atoms with Crippen molar-refractivity contribution in [2.24, 2.45) is 0 Å². The quantitative estimate of drug-likeness (QED) is 0.569. The second-order valence-corrected chi connectivity index (χ2v) is 2.57. The Labute approximate surface area is 81.2 Å². The molecular formula is C8H13NO5. The van der Waals surface area contributed by atoms with E-state index >= 15 is 0 Å². The number of hydrogen-bond donors (Lipinski definition) is 2. The molecule has 0 aliphatic heterocycles. The molecule has 0 saturated carbocycles. The van der Waals surface area contributed by atoms with Gasteiger partial charge in [0.05, 0.1) is 20.0 Å². The highest BCUT2D eigenvalue weighted by Gasteiger charge is 2.05. The normalized spacial score (nSPS) is 9.21. The second kappa shape index (κ2) is 6.88. The standard InChI is InChI=1S/C8H13NO5/c1-14-8(13)4-5-9-6(10)2-3-7(11)12/h2-5H2,1H3,(H,9,10)(H,11,12). The van der Waals surface area contributed by atoms with Crippen molar-refractivity contribution in [2.45, 2.75) is 19.3 Å². The number of esters is 1. The first-order valence-electron chi connectivity index (χ1n) is 4.11. The van der Waals surface area contributed by atoms with Gasteiger partial charge in [0.1, 0.15) is 0 Å². The van der Waals surface area contributed by atoms with E-state index in [1.807, 2.05) is 0 Å². The number of rotatable bonds is 6. The van der Waals surface area contributed by atoms with Crippen LogP contribution in [0.1, 0.15) is 19.3 Å². The van der Waals surface area contributed by atoms with Crippen molar-refractivity contribution in [3.8, 4) is 0 Å². The fraction of sp³-hybridized carbons (Fsp3) is 0.625. The maximum atomic E-state index is 10.9. The van der Waals surface area contributed by atoms with Crippen LogP contribution in [-0.2, 0) is 19.1 Å². The molecule has 0 saturated heterocycles. The Bertz CT molecular complexity index is 226. The van der Waals surface area contributed by atoms with Crippen LogP contribution in [0.3, 0.4) is 0 Å². The highest BCUT2D eigenvalue weighted by atomic mass is 16.5. The maximum Gasteiger partial charge on any atom is 0.307 e. The van der Waals surface area contributed by atoms with Gasteiger partial charge in [-0.1, -0.05) is 0 Å². The SMILES string of the molecule is COC(=O)CCNC(=O)CCC(=O)O. The first kappa shape index (κ1) is 12.4.